The van der Waals surface area contributed by atoms with Crippen molar-refractivity contribution < 1.29 is 4.42 Å². The molecule has 1 heterocycles. The summed E-state index contributed by atoms with van der Waals surface area (Å²) in [7, 11) is 2.05. The van der Waals surface area contributed by atoms with Gasteiger partial charge in [-0.2, -0.15) is 0 Å². The fourth-order valence-corrected chi connectivity index (χ4v) is 1.74. The van der Waals surface area contributed by atoms with Crippen molar-refractivity contribution >= 4 is 0 Å². The highest BCUT2D eigenvalue weighted by Crippen LogP contribution is 2.12. The van der Waals surface area contributed by atoms with Gasteiger partial charge in [-0.3, -0.25) is 0 Å². The molecule has 1 atom stereocenters. The summed E-state index contributed by atoms with van der Waals surface area (Å²) in [5.41, 5.74) is 0. The van der Waals surface area contributed by atoms with Gasteiger partial charge in [-0.25, -0.2) is 0 Å². The molecule has 2 nitrogen and oxygen atoms in total. The SMILES string of the molecule is CNC(CCc1ccco1)CCC(C)C. The van der Waals surface area contributed by atoms with Gasteiger partial charge in [0.15, 0.2) is 0 Å². The van der Waals surface area contributed by atoms with Crippen LogP contribution in [0.2, 0.25) is 0 Å². The summed E-state index contributed by atoms with van der Waals surface area (Å²) in [6.45, 7) is 4.55. The van der Waals surface area contributed by atoms with Crippen molar-refractivity contribution in [3.05, 3.63) is 24.2 Å². The Morgan fingerprint density at radius 3 is 2.60 bits per heavy atom. The minimum absolute atomic E-state index is 0.623. The van der Waals surface area contributed by atoms with E-state index in [4.69, 9.17) is 4.42 Å². The van der Waals surface area contributed by atoms with E-state index < -0.39 is 0 Å². The molecular weight excluding hydrogens is 186 g/mol. The minimum Gasteiger partial charge on any atom is -0.469 e. The fraction of sp³-hybridized carbons (Fsp3) is 0.692. The van der Waals surface area contributed by atoms with E-state index in [1.54, 1.807) is 6.26 Å². The van der Waals surface area contributed by atoms with Crippen LogP contribution < -0.4 is 5.32 Å². The molecule has 15 heavy (non-hydrogen) atoms. The molecule has 1 aromatic heterocycles. The summed E-state index contributed by atoms with van der Waals surface area (Å²) >= 11 is 0. The molecule has 2 heteroatoms. The Hall–Kier alpha value is -0.760. The second kappa shape index (κ2) is 6.67. The van der Waals surface area contributed by atoms with Gasteiger partial charge in [0.25, 0.3) is 0 Å². The first-order chi connectivity index (χ1) is 7.22. The average Bonchev–Trinajstić information content (AvgIpc) is 2.70. The lowest BCUT2D eigenvalue weighted by Crippen LogP contribution is -2.26. The first-order valence-electron chi connectivity index (χ1n) is 5.92. The van der Waals surface area contributed by atoms with Crippen molar-refractivity contribution in [1.82, 2.24) is 5.32 Å². The van der Waals surface area contributed by atoms with Crippen LogP contribution in [0.4, 0.5) is 0 Å². The molecule has 86 valence electrons. The Morgan fingerprint density at radius 1 is 1.27 bits per heavy atom. The summed E-state index contributed by atoms with van der Waals surface area (Å²) in [5, 5.41) is 3.38. The average molecular weight is 209 g/mol. The molecule has 0 spiro atoms. The highest BCUT2D eigenvalue weighted by atomic mass is 16.3. The van der Waals surface area contributed by atoms with Crippen molar-refractivity contribution in [2.45, 2.75) is 45.6 Å². The lowest BCUT2D eigenvalue weighted by atomic mass is 10.00. The lowest BCUT2D eigenvalue weighted by Gasteiger charge is -2.16. The van der Waals surface area contributed by atoms with Gasteiger partial charge in [0.1, 0.15) is 5.76 Å². The Kier molecular flexibility index (Phi) is 5.48. The van der Waals surface area contributed by atoms with E-state index in [0.717, 1.165) is 24.5 Å². The summed E-state index contributed by atoms with van der Waals surface area (Å²) in [6.07, 6.45) is 6.50. The number of hydrogen-bond donors (Lipinski definition) is 1. The lowest BCUT2D eigenvalue weighted by molar-refractivity contribution is 0.414. The number of rotatable bonds is 7. The van der Waals surface area contributed by atoms with E-state index in [0.29, 0.717) is 6.04 Å². The monoisotopic (exact) mass is 209 g/mol. The van der Waals surface area contributed by atoms with Gasteiger partial charge >= 0.3 is 0 Å². The van der Waals surface area contributed by atoms with Gasteiger partial charge in [0, 0.05) is 12.5 Å². The number of aryl methyl sites for hydroxylation is 1. The van der Waals surface area contributed by atoms with Crippen molar-refractivity contribution in [3.8, 4) is 0 Å². The van der Waals surface area contributed by atoms with Crippen LogP contribution in [0.25, 0.3) is 0 Å². The summed E-state index contributed by atoms with van der Waals surface area (Å²) in [6, 6.07) is 4.63. The molecule has 0 saturated carbocycles. The first-order valence-corrected chi connectivity index (χ1v) is 5.92. The van der Waals surface area contributed by atoms with Gasteiger partial charge in [-0.1, -0.05) is 13.8 Å². The third kappa shape index (κ3) is 5.03. The Morgan fingerprint density at radius 2 is 2.07 bits per heavy atom. The highest BCUT2D eigenvalue weighted by Gasteiger charge is 2.08. The quantitative estimate of drug-likeness (QED) is 0.745. The molecular formula is C13H23NO. The highest BCUT2D eigenvalue weighted by molar-refractivity contribution is 4.98. The zero-order valence-electron chi connectivity index (χ0n) is 10.1. The van der Waals surface area contributed by atoms with Crippen molar-refractivity contribution in [2.75, 3.05) is 7.05 Å². The molecule has 0 aliphatic carbocycles. The topological polar surface area (TPSA) is 25.2 Å². The van der Waals surface area contributed by atoms with E-state index in [9.17, 15) is 0 Å². The number of hydrogen-bond acceptors (Lipinski definition) is 2. The predicted molar refractivity (Wildman–Crippen MR) is 63.9 cm³/mol. The molecule has 0 saturated heterocycles. The van der Waals surface area contributed by atoms with E-state index >= 15 is 0 Å². The van der Waals surface area contributed by atoms with Crippen LogP contribution in [-0.4, -0.2) is 13.1 Å². The van der Waals surface area contributed by atoms with Gasteiger partial charge in [-0.05, 0) is 44.4 Å². The zero-order chi connectivity index (χ0) is 11.1. The largest absolute Gasteiger partial charge is 0.469 e. The third-order valence-electron chi connectivity index (χ3n) is 2.82. The molecule has 0 bridgehead atoms. The van der Waals surface area contributed by atoms with Crippen LogP contribution >= 0.6 is 0 Å². The van der Waals surface area contributed by atoms with Gasteiger partial charge < -0.3 is 9.73 Å². The van der Waals surface area contributed by atoms with Crippen molar-refractivity contribution in [2.24, 2.45) is 5.92 Å². The van der Waals surface area contributed by atoms with Crippen molar-refractivity contribution in [3.63, 3.8) is 0 Å². The van der Waals surface area contributed by atoms with Crippen molar-refractivity contribution in [1.29, 1.82) is 0 Å². The van der Waals surface area contributed by atoms with Gasteiger partial charge in [0.2, 0.25) is 0 Å². The Bertz CT molecular complexity index is 241. The normalized spacial score (nSPS) is 13.3. The van der Waals surface area contributed by atoms with Crippen LogP contribution in [0.5, 0.6) is 0 Å². The smallest absolute Gasteiger partial charge is 0.103 e. The maximum atomic E-state index is 5.33. The second-order valence-electron chi connectivity index (χ2n) is 4.57. The fourth-order valence-electron chi connectivity index (χ4n) is 1.74. The Labute approximate surface area is 93.1 Å². The molecule has 0 aliphatic rings. The van der Waals surface area contributed by atoms with E-state index in [1.807, 2.05) is 13.1 Å². The predicted octanol–water partition coefficient (Wildman–Crippen LogP) is 3.24. The standard InChI is InChI=1S/C13H23NO/c1-11(2)6-7-12(14-3)8-9-13-5-4-10-15-13/h4-5,10-12,14H,6-9H2,1-3H3. The maximum Gasteiger partial charge on any atom is 0.103 e. The molecule has 0 aromatic carbocycles. The van der Waals surface area contributed by atoms with Gasteiger partial charge in [0.05, 0.1) is 6.26 Å². The van der Waals surface area contributed by atoms with Crippen LogP contribution in [0.3, 0.4) is 0 Å². The maximum absolute atomic E-state index is 5.33. The minimum atomic E-state index is 0.623. The summed E-state index contributed by atoms with van der Waals surface area (Å²) in [5.74, 6) is 1.89. The van der Waals surface area contributed by atoms with Crippen LogP contribution in [-0.2, 0) is 6.42 Å². The molecule has 0 fully saturated rings. The van der Waals surface area contributed by atoms with Crippen LogP contribution in [0, 0.1) is 5.92 Å². The molecule has 0 radical (unpaired) electrons. The van der Waals surface area contributed by atoms with Crippen LogP contribution in [0.15, 0.2) is 22.8 Å². The van der Waals surface area contributed by atoms with Crippen LogP contribution in [0.1, 0.15) is 38.9 Å². The number of furan rings is 1. The third-order valence-corrected chi connectivity index (χ3v) is 2.82. The molecule has 0 aliphatic heterocycles. The first kappa shape index (κ1) is 12.3. The van der Waals surface area contributed by atoms with E-state index in [1.165, 1.54) is 12.8 Å². The van der Waals surface area contributed by atoms with Gasteiger partial charge in [-0.15, -0.1) is 0 Å². The van der Waals surface area contributed by atoms with E-state index in [2.05, 4.69) is 25.2 Å². The summed E-state index contributed by atoms with van der Waals surface area (Å²) in [4.78, 5) is 0. The Balaban J connectivity index is 2.22. The molecule has 1 rings (SSSR count). The zero-order valence-corrected chi connectivity index (χ0v) is 10.1. The molecule has 1 unspecified atom stereocenters. The van der Waals surface area contributed by atoms with E-state index in [-0.39, 0.29) is 0 Å². The molecule has 0 amide bonds. The second-order valence-corrected chi connectivity index (χ2v) is 4.57. The number of nitrogens with one attached hydrogen (secondary N) is 1. The molecule has 1 N–H and O–H groups in total. The summed E-state index contributed by atoms with van der Waals surface area (Å²) < 4.78 is 5.33. The molecule has 1 aromatic rings.